The Balaban J connectivity index is 1.83. The number of rotatable bonds is 4. The van der Waals surface area contributed by atoms with E-state index in [4.69, 9.17) is 0 Å². The number of anilines is 1. The number of aliphatic hydroxyl groups is 1. The lowest BCUT2D eigenvalue weighted by atomic mass is 9.91. The Bertz CT molecular complexity index is 524. The van der Waals surface area contributed by atoms with Crippen molar-refractivity contribution in [3.63, 3.8) is 0 Å². The molecule has 2 amide bonds. The Morgan fingerprint density at radius 2 is 2.13 bits per heavy atom. The van der Waals surface area contributed by atoms with Crippen LogP contribution in [0.1, 0.15) is 26.2 Å². The molecule has 1 aromatic rings. The van der Waals surface area contributed by atoms with Gasteiger partial charge in [-0.05, 0) is 25.2 Å². The van der Waals surface area contributed by atoms with E-state index in [9.17, 15) is 23.1 Å². The lowest BCUT2D eigenvalue weighted by Crippen LogP contribution is -2.46. The van der Waals surface area contributed by atoms with Crippen LogP contribution >= 0.6 is 0 Å². The van der Waals surface area contributed by atoms with Crippen molar-refractivity contribution in [3.05, 3.63) is 12.4 Å². The minimum atomic E-state index is -4.61. The van der Waals surface area contributed by atoms with Gasteiger partial charge in [-0.15, -0.1) is 0 Å². The summed E-state index contributed by atoms with van der Waals surface area (Å²) in [6, 6.07) is -0.360. The topological polar surface area (TPSA) is 70.4 Å². The van der Waals surface area contributed by atoms with Gasteiger partial charge in [-0.3, -0.25) is 4.68 Å². The van der Waals surface area contributed by atoms with Gasteiger partial charge in [0.1, 0.15) is 0 Å². The van der Waals surface area contributed by atoms with Crippen LogP contribution in [0.15, 0.2) is 12.4 Å². The number of nitrogens with zero attached hydrogens (tertiary/aromatic N) is 3. The number of likely N-dealkylation sites (tertiary alicyclic amines) is 1. The van der Waals surface area contributed by atoms with Gasteiger partial charge in [0.15, 0.2) is 6.10 Å². The molecule has 0 saturated carbocycles. The molecule has 1 fully saturated rings. The molecule has 1 aliphatic rings. The van der Waals surface area contributed by atoms with Gasteiger partial charge in [-0.1, -0.05) is 6.92 Å². The highest BCUT2D eigenvalue weighted by molar-refractivity contribution is 5.89. The first kappa shape index (κ1) is 17.6. The molecule has 9 heteroatoms. The fraction of sp³-hybridized carbons (Fsp3) is 0.714. The number of carbonyl (C=O) groups excluding carboxylic acids is 1. The van der Waals surface area contributed by atoms with Crippen molar-refractivity contribution in [1.29, 1.82) is 0 Å². The fourth-order valence-electron chi connectivity index (χ4n) is 2.67. The Labute approximate surface area is 132 Å². The molecule has 130 valence electrons. The van der Waals surface area contributed by atoms with Crippen LogP contribution in [0.3, 0.4) is 0 Å². The zero-order chi connectivity index (χ0) is 17.0. The smallest absolute Gasteiger partial charge is 0.383 e. The zero-order valence-electron chi connectivity index (χ0n) is 12.9. The van der Waals surface area contributed by atoms with Crippen molar-refractivity contribution in [2.24, 2.45) is 5.92 Å². The van der Waals surface area contributed by atoms with Crippen LogP contribution in [0.2, 0.25) is 0 Å². The maximum Gasteiger partial charge on any atom is 0.414 e. The second-order valence-electron chi connectivity index (χ2n) is 5.73. The van der Waals surface area contributed by atoms with Crippen molar-refractivity contribution in [2.75, 3.05) is 18.4 Å². The van der Waals surface area contributed by atoms with E-state index in [-0.39, 0.29) is 32.0 Å². The monoisotopic (exact) mass is 334 g/mol. The van der Waals surface area contributed by atoms with E-state index in [1.807, 2.05) is 6.92 Å². The van der Waals surface area contributed by atoms with Gasteiger partial charge in [0.05, 0.1) is 11.9 Å². The number of nitrogens with one attached hydrogen (secondary N) is 1. The lowest BCUT2D eigenvalue weighted by molar-refractivity contribution is -0.222. The number of amides is 2. The van der Waals surface area contributed by atoms with Gasteiger partial charge in [0.2, 0.25) is 0 Å². The summed E-state index contributed by atoms with van der Waals surface area (Å²) in [5.41, 5.74) is 0.556. The number of hydrogen-bond acceptors (Lipinski definition) is 3. The van der Waals surface area contributed by atoms with Crippen LogP contribution in [0.4, 0.5) is 23.7 Å². The SMILES string of the molecule is CCCn1cc(NC(=O)N2CCC(C(O)C(F)(F)F)CC2)cn1. The average molecular weight is 334 g/mol. The number of piperidine rings is 1. The highest BCUT2D eigenvalue weighted by Gasteiger charge is 2.44. The van der Waals surface area contributed by atoms with Gasteiger partial charge < -0.3 is 15.3 Å². The highest BCUT2D eigenvalue weighted by atomic mass is 19.4. The summed E-state index contributed by atoms with van der Waals surface area (Å²) in [5.74, 6) is -0.855. The molecule has 1 aliphatic heterocycles. The molecule has 0 radical (unpaired) electrons. The largest absolute Gasteiger partial charge is 0.414 e. The zero-order valence-corrected chi connectivity index (χ0v) is 12.9. The molecule has 1 unspecified atom stereocenters. The summed E-state index contributed by atoms with van der Waals surface area (Å²) in [5, 5.41) is 16.0. The van der Waals surface area contributed by atoms with Crippen LogP contribution in [0.25, 0.3) is 0 Å². The summed E-state index contributed by atoms with van der Waals surface area (Å²) < 4.78 is 39.2. The Morgan fingerprint density at radius 3 is 2.70 bits per heavy atom. The normalized spacial score (nSPS) is 18.0. The number of hydrogen-bond donors (Lipinski definition) is 2. The molecule has 0 aliphatic carbocycles. The standard InChI is InChI=1S/C14H21F3N4O2/c1-2-5-21-9-11(8-18-21)19-13(23)20-6-3-10(4-7-20)12(22)14(15,16)17/h8-10,12,22H,2-7H2,1H3,(H,19,23). The highest BCUT2D eigenvalue weighted by Crippen LogP contribution is 2.31. The van der Waals surface area contributed by atoms with E-state index >= 15 is 0 Å². The molecule has 0 aromatic carbocycles. The molecular weight excluding hydrogens is 313 g/mol. The van der Waals surface area contributed by atoms with Gasteiger partial charge in [-0.25, -0.2) is 4.79 Å². The maximum atomic E-state index is 12.5. The molecule has 1 aromatic heterocycles. The second-order valence-corrected chi connectivity index (χ2v) is 5.73. The Morgan fingerprint density at radius 1 is 1.48 bits per heavy atom. The van der Waals surface area contributed by atoms with Crippen molar-refractivity contribution in [1.82, 2.24) is 14.7 Å². The van der Waals surface area contributed by atoms with E-state index in [1.165, 1.54) is 11.1 Å². The van der Waals surface area contributed by atoms with Crippen molar-refractivity contribution >= 4 is 11.7 Å². The van der Waals surface area contributed by atoms with Crippen molar-refractivity contribution in [2.45, 2.75) is 45.0 Å². The molecule has 0 spiro atoms. The van der Waals surface area contributed by atoms with E-state index in [0.717, 1.165) is 13.0 Å². The van der Waals surface area contributed by atoms with E-state index < -0.39 is 18.2 Å². The third kappa shape index (κ3) is 4.60. The first-order valence-corrected chi connectivity index (χ1v) is 7.64. The third-order valence-electron chi connectivity index (χ3n) is 3.95. The predicted molar refractivity (Wildman–Crippen MR) is 77.9 cm³/mol. The number of alkyl halides is 3. The number of aryl methyl sites for hydroxylation is 1. The second kappa shape index (κ2) is 7.20. The molecule has 1 saturated heterocycles. The lowest BCUT2D eigenvalue weighted by Gasteiger charge is -2.34. The maximum absolute atomic E-state index is 12.5. The van der Waals surface area contributed by atoms with Gasteiger partial charge in [-0.2, -0.15) is 18.3 Å². The predicted octanol–water partition coefficient (Wildman–Crippen LogP) is 2.46. The van der Waals surface area contributed by atoms with E-state index in [1.54, 1.807) is 10.9 Å². The van der Waals surface area contributed by atoms with Gasteiger partial charge in [0, 0.05) is 25.8 Å². The Kier molecular flexibility index (Phi) is 5.51. The number of carbonyl (C=O) groups is 1. The van der Waals surface area contributed by atoms with Crippen molar-refractivity contribution in [3.8, 4) is 0 Å². The van der Waals surface area contributed by atoms with Crippen LogP contribution in [0.5, 0.6) is 0 Å². The first-order valence-electron chi connectivity index (χ1n) is 7.64. The molecule has 6 nitrogen and oxygen atoms in total. The molecule has 2 rings (SSSR count). The molecule has 0 bridgehead atoms. The van der Waals surface area contributed by atoms with Gasteiger partial charge >= 0.3 is 12.2 Å². The quantitative estimate of drug-likeness (QED) is 0.889. The van der Waals surface area contributed by atoms with Crippen LogP contribution in [0, 0.1) is 5.92 Å². The molecule has 1 atom stereocenters. The van der Waals surface area contributed by atoms with E-state index in [0.29, 0.717) is 5.69 Å². The molecular formula is C14H21F3N4O2. The summed E-state index contributed by atoms with van der Waals surface area (Å²) in [4.78, 5) is 13.6. The Hall–Kier alpha value is -1.77. The summed E-state index contributed by atoms with van der Waals surface area (Å²) >= 11 is 0. The van der Waals surface area contributed by atoms with Gasteiger partial charge in [0.25, 0.3) is 0 Å². The number of aliphatic hydroxyl groups excluding tert-OH is 1. The average Bonchev–Trinajstić information content (AvgIpc) is 2.93. The number of halogens is 3. The van der Waals surface area contributed by atoms with Crippen LogP contribution in [-0.4, -0.2) is 51.2 Å². The molecule has 2 heterocycles. The minimum Gasteiger partial charge on any atom is -0.383 e. The van der Waals surface area contributed by atoms with Crippen molar-refractivity contribution < 1.29 is 23.1 Å². The minimum absolute atomic E-state index is 0.128. The summed E-state index contributed by atoms with van der Waals surface area (Å²) in [7, 11) is 0. The summed E-state index contributed by atoms with van der Waals surface area (Å²) in [6.07, 6.45) is -2.51. The molecule has 23 heavy (non-hydrogen) atoms. The van der Waals surface area contributed by atoms with Crippen LogP contribution < -0.4 is 5.32 Å². The summed E-state index contributed by atoms with van der Waals surface area (Å²) in [6.45, 7) is 3.13. The number of urea groups is 1. The first-order chi connectivity index (χ1) is 10.8. The number of aromatic nitrogens is 2. The van der Waals surface area contributed by atoms with E-state index in [2.05, 4.69) is 10.4 Å². The van der Waals surface area contributed by atoms with Crippen LogP contribution in [-0.2, 0) is 6.54 Å². The third-order valence-corrected chi connectivity index (χ3v) is 3.95. The fourth-order valence-corrected chi connectivity index (χ4v) is 2.67. The molecule has 2 N–H and O–H groups in total.